The maximum absolute atomic E-state index is 13.4. The van der Waals surface area contributed by atoms with Gasteiger partial charge in [-0.25, -0.2) is 14.2 Å². The second-order valence-corrected chi connectivity index (χ2v) is 9.98. The molecule has 1 aliphatic rings. The number of rotatable bonds is 9. The van der Waals surface area contributed by atoms with E-state index in [1.54, 1.807) is 23.2 Å². The van der Waals surface area contributed by atoms with Gasteiger partial charge in [-0.15, -0.1) is 11.3 Å². The molecule has 1 aliphatic heterocycles. The number of carbonyl (C=O) groups excluding carboxylic acids is 3. The van der Waals surface area contributed by atoms with E-state index in [0.717, 1.165) is 10.4 Å². The summed E-state index contributed by atoms with van der Waals surface area (Å²) in [6.45, 7) is 1.61. The number of hydrogen-bond acceptors (Lipinski definition) is 7. The maximum atomic E-state index is 13.4. The molecule has 0 unspecified atom stereocenters. The molecule has 1 fully saturated rings. The standard InChI is InChI=1S/C21H22BrFN2O4S2/c1-29-20(27)19-5-3-16(31-19)7-9-25-21(28)30-11-10-24(25)8-6-15(26)12-14-2-4-18(23)17(22)13-14/h2-5,13H,6-12H2,1H3. The second kappa shape index (κ2) is 11.2. The van der Waals surface area contributed by atoms with Crippen LogP contribution in [0.3, 0.4) is 0 Å². The summed E-state index contributed by atoms with van der Waals surface area (Å²) in [6, 6.07) is 8.15. The van der Waals surface area contributed by atoms with Gasteiger partial charge < -0.3 is 4.74 Å². The third kappa shape index (κ3) is 6.61. The minimum atomic E-state index is -0.367. The Labute approximate surface area is 196 Å². The van der Waals surface area contributed by atoms with E-state index < -0.39 is 0 Å². The lowest BCUT2D eigenvalue weighted by atomic mass is 10.1. The normalized spacial score (nSPS) is 14.7. The molecule has 1 aromatic carbocycles. The van der Waals surface area contributed by atoms with Crippen LogP contribution in [0.2, 0.25) is 0 Å². The Balaban J connectivity index is 1.54. The van der Waals surface area contributed by atoms with Gasteiger partial charge in [-0.1, -0.05) is 17.8 Å². The third-order valence-corrected chi connectivity index (χ3v) is 7.36. The second-order valence-electron chi connectivity index (χ2n) is 6.91. The lowest BCUT2D eigenvalue weighted by Gasteiger charge is -2.37. The van der Waals surface area contributed by atoms with E-state index >= 15 is 0 Å². The van der Waals surface area contributed by atoms with Crippen LogP contribution in [0.5, 0.6) is 0 Å². The lowest BCUT2D eigenvalue weighted by molar-refractivity contribution is -0.119. The Morgan fingerprint density at radius 1 is 1.23 bits per heavy atom. The van der Waals surface area contributed by atoms with Gasteiger partial charge in [0, 0.05) is 49.5 Å². The van der Waals surface area contributed by atoms with Gasteiger partial charge in [0.05, 0.1) is 11.6 Å². The average molecular weight is 529 g/mol. The molecule has 0 spiro atoms. The van der Waals surface area contributed by atoms with Crippen molar-refractivity contribution in [1.82, 2.24) is 10.0 Å². The zero-order chi connectivity index (χ0) is 22.4. The predicted molar refractivity (Wildman–Crippen MR) is 123 cm³/mol. The van der Waals surface area contributed by atoms with E-state index in [2.05, 4.69) is 15.9 Å². The highest BCUT2D eigenvalue weighted by Gasteiger charge is 2.27. The quantitative estimate of drug-likeness (QED) is 0.444. The van der Waals surface area contributed by atoms with Crippen molar-refractivity contribution in [3.63, 3.8) is 0 Å². The van der Waals surface area contributed by atoms with Gasteiger partial charge in [-0.2, -0.15) is 0 Å². The first-order valence-electron chi connectivity index (χ1n) is 9.69. The summed E-state index contributed by atoms with van der Waals surface area (Å²) in [5.41, 5.74) is 0.750. The zero-order valence-corrected chi connectivity index (χ0v) is 20.2. The summed E-state index contributed by atoms with van der Waals surface area (Å²) in [5, 5.41) is 3.57. The number of esters is 1. The third-order valence-electron chi connectivity index (χ3n) is 4.78. The van der Waals surface area contributed by atoms with Crippen molar-refractivity contribution in [3.05, 3.63) is 55.9 Å². The van der Waals surface area contributed by atoms with Crippen LogP contribution >= 0.6 is 39.0 Å². The Morgan fingerprint density at radius 2 is 2.03 bits per heavy atom. The Kier molecular flexibility index (Phi) is 8.65. The summed E-state index contributed by atoms with van der Waals surface area (Å²) < 4.78 is 18.4. The van der Waals surface area contributed by atoms with Crippen molar-refractivity contribution in [2.75, 3.05) is 32.5 Å². The van der Waals surface area contributed by atoms with Gasteiger partial charge in [-0.3, -0.25) is 14.6 Å². The SMILES string of the molecule is COC(=O)c1ccc(CCN2C(=O)SCCN2CCC(=O)Cc2ccc(F)c(Br)c2)s1. The monoisotopic (exact) mass is 528 g/mol. The Bertz CT molecular complexity index is 969. The van der Waals surface area contributed by atoms with E-state index in [1.807, 2.05) is 11.1 Å². The van der Waals surface area contributed by atoms with Crippen LogP contribution in [0, 0.1) is 5.82 Å². The Morgan fingerprint density at radius 3 is 2.77 bits per heavy atom. The molecule has 2 aromatic rings. The molecule has 31 heavy (non-hydrogen) atoms. The highest BCUT2D eigenvalue weighted by molar-refractivity contribution is 9.10. The van der Waals surface area contributed by atoms with Gasteiger partial charge in [0.15, 0.2) is 0 Å². The van der Waals surface area contributed by atoms with E-state index in [1.165, 1.54) is 36.3 Å². The van der Waals surface area contributed by atoms with E-state index in [4.69, 9.17) is 4.74 Å². The number of methoxy groups -OCH3 is 1. The zero-order valence-electron chi connectivity index (χ0n) is 16.9. The molecular formula is C21H22BrFN2O4S2. The van der Waals surface area contributed by atoms with Gasteiger partial charge in [0.2, 0.25) is 0 Å². The van der Waals surface area contributed by atoms with Crippen LogP contribution in [0.15, 0.2) is 34.8 Å². The number of thiophene rings is 1. The van der Waals surface area contributed by atoms with Crippen LogP contribution in [-0.4, -0.2) is 59.5 Å². The number of halogens is 2. The molecule has 0 aliphatic carbocycles. The molecule has 0 N–H and O–H groups in total. The van der Waals surface area contributed by atoms with Crippen molar-refractivity contribution in [3.8, 4) is 0 Å². The summed E-state index contributed by atoms with van der Waals surface area (Å²) in [5.74, 6) is -0.0141. The topological polar surface area (TPSA) is 66.9 Å². The number of hydrazine groups is 1. The van der Waals surface area contributed by atoms with Crippen LogP contribution in [0.25, 0.3) is 0 Å². The molecule has 1 saturated heterocycles. The van der Waals surface area contributed by atoms with E-state index in [-0.39, 0.29) is 29.2 Å². The van der Waals surface area contributed by atoms with Gasteiger partial charge in [-0.05, 0) is 45.8 Å². The molecule has 3 rings (SSSR count). The summed E-state index contributed by atoms with van der Waals surface area (Å²) in [7, 11) is 1.35. The highest BCUT2D eigenvalue weighted by atomic mass is 79.9. The van der Waals surface area contributed by atoms with Gasteiger partial charge in [0.25, 0.3) is 5.24 Å². The first kappa shape index (κ1) is 23.9. The van der Waals surface area contributed by atoms with Gasteiger partial charge in [0.1, 0.15) is 16.5 Å². The molecule has 166 valence electrons. The largest absolute Gasteiger partial charge is 0.465 e. The van der Waals surface area contributed by atoms with Gasteiger partial charge >= 0.3 is 5.97 Å². The van der Waals surface area contributed by atoms with Crippen LogP contribution in [-0.2, 0) is 22.4 Å². The summed E-state index contributed by atoms with van der Waals surface area (Å²) in [4.78, 5) is 38.0. The first-order valence-corrected chi connectivity index (χ1v) is 12.3. The number of thioether (sulfide) groups is 1. The molecule has 0 radical (unpaired) electrons. The molecule has 1 amide bonds. The molecular weight excluding hydrogens is 507 g/mol. The van der Waals surface area contributed by atoms with Crippen molar-refractivity contribution >= 4 is 56.0 Å². The fourth-order valence-corrected chi connectivity index (χ4v) is 5.35. The summed E-state index contributed by atoms with van der Waals surface area (Å²) in [6.07, 6.45) is 1.14. The van der Waals surface area contributed by atoms with Crippen molar-refractivity contribution < 1.29 is 23.5 Å². The van der Waals surface area contributed by atoms with Crippen molar-refractivity contribution in [2.24, 2.45) is 0 Å². The number of ether oxygens (including phenoxy) is 1. The van der Waals surface area contributed by atoms with E-state index in [9.17, 15) is 18.8 Å². The Hall–Kier alpha value is -1.75. The minimum Gasteiger partial charge on any atom is -0.465 e. The number of carbonyl (C=O) groups is 3. The molecule has 10 heteroatoms. The number of Topliss-reactive ketones (excluding diaryl/α,β-unsaturated/α-hetero) is 1. The predicted octanol–water partition coefficient (Wildman–Crippen LogP) is 4.57. The number of nitrogens with zero attached hydrogens (tertiary/aromatic N) is 2. The number of benzene rings is 1. The number of amides is 1. The van der Waals surface area contributed by atoms with Crippen LogP contribution < -0.4 is 0 Å². The summed E-state index contributed by atoms with van der Waals surface area (Å²) >= 11 is 5.76. The average Bonchev–Trinajstić information content (AvgIpc) is 3.22. The van der Waals surface area contributed by atoms with Crippen molar-refractivity contribution in [2.45, 2.75) is 19.3 Å². The number of ketones is 1. The molecule has 0 saturated carbocycles. The maximum Gasteiger partial charge on any atom is 0.348 e. The molecule has 0 bridgehead atoms. The fourth-order valence-electron chi connectivity index (χ4n) is 3.17. The van der Waals surface area contributed by atoms with Crippen molar-refractivity contribution in [1.29, 1.82) is 0 Å². The van der Waals surface area contributed by atoms with Crippen LogP contribution in [0.1, 0.15) is 26.5 Å². The number of hydrogen-bond donors (Lipinski definition) is 0. The fraction of sp³-hybridized carbons (Fsp3) is 0.381. The highest BCUT2D eigenvalue weighted by Crippen LogP contribution is 2.23. The molecule has 1 aromatic heterocycles. The van der Waals surface area contributed by atoms with E-state index in [0.29, 0.717) is 47.6 Å². The van der Waals surface area contributed by atoms with Crippen LogP contribution in [0.4, 0.5) is 9.18 Å². The molecule has 6 nitrogen and oxygen atoms in total. The smallest absolute Gasteiger partial charge is 0.348 e. The molecule has 0 atom stereocenters. The molecule has 2 heterocycles. The minimum absolute atomic E-state index is 0.0325. The first-order chi connectivity index (χ1) is 14.9. The lowest BCUT2D eigenvalue weighted by Crippen LogP contribution is -2.50.